The molecule has 1 aromatic carbocycles. The van der Waals surface area contributed by atoms with Crippen molar-refractivity contribution in [1.82, 2.24) is 16.0 Å². The van der Waals surface area contributed by atoms with Crippen molar-refractivity contribution >= 4 is 39.9 Å². The summed E-state index contributed by atoms with van der Waals surface area (Å²) in [5.41, 5.74) is -1.29. The lowest BCUT2D eigenvalue weighted by Gasteiger charge is -2.27. The summed E-state index contributed by atoms with van der Waals surface area (Å²) < 4.78 is 17.2. The average molecular weight is 615 g/mol. The molecule has 0 aliphatic heterocycles. The second kappa shape index (κ2) is 14.6. The molecule has 3 N–H and O–H groups in total. The first-order valence-electron chi connectivity index (χ1n) is 12.9. The van der Waals surface area contributed by atoms with Crippen molar-refractivity contribution in [2.75, 3.05) is 6.54 Å². The predicted octanol–water partition coefficient (Wildman–Crippen LogP) is 4.38. The van der Waals surface area contributed by atoms with Crippen LogP contribution in [0.25, 0.3) is 0 Å². The molecule has 0 saturated heterocycles. The molecule has 2 amide bonds. The van der Waals surface area contributed by atoms with Gasteiger partial charge in [0.05, 0.1) is 0 Å². The van der Waals surface area contributed by atoms with Crippen LogP contribution in [0.4, 0.5) is 4.79 Å². The highest BCUT2D eigenvalue weighted by Crippen LogP contribution is 2.14. The van der Waals surface area contributed by atoms with Crippen LogP contribution in [0.3, 0.4) is 0 Å². The van der Waals surface area contributed by atoms with Crippen molar-refractivity contribution in [2.45, 2.75) is 111 Å². The molecule has 2 atom stereocenters. The molecule has 10 nitrogen and oxygen atoms in total. The number of nitrogens with one attached hydrogen (secondary N) is 3. The second-order valence-corrected chi connectivity index (χ2v) is 13.1. The first kappa shape index (κ1) is 34.4. The van der Waals surface area contributed by atoms with Gasteiger partial charge in [-0.2, -0.15) is 0 Å². The molecule has 0 heterocycles. The first-order valence-corrected chi connectivity index (χ1v) is 13.7. The van der Waals surface area contributed by atoms with Crippen molar-refractivity contribution in [2.24, 2.45) is 0 Å². The molecule has 11 heteroatoms. The van der Waals surface area contributed by atoms with Crippen LogP contribution >= 0.6 is 15.9 Å². The van der Waals surface area contributed by atoms with E-state index in [9.17, 15) is 19.2 Å². The summed E-state index contributed by atoms with van der Waals surface area (Å²) in [6.45, 7) is 16.0. The van der Waals surface area contributed by atoms with Gasteiger partial charge in [-0.05, 0) is 86.4 Å². The number of esters is 3. The van der Waals surface area contributed by atoms with Gasteiger partial charge in [0.2, 0.25) is 0 Å². The van der Waals surface area contributed by atoms with Crippen molar-refractivity contribution in [1.29, 1.82) is 0 Å². The Bertz CT molecular complexity index is 977. The molecule has 1 unspecified atom stereocenters. The summed E-state index contributed by atoms with van der Waals surface area (Å²) >= 11 is 3.39. The molecule has 0 fully saturated rings. The summed E-state index contributed by atoms with van der Waals surface area (Å²) in [6, 6.07) is 4.68. The predicted molar refractivity (Wildman–Crippen MR) is 152 cm³/mol. The van der Waals surface area contributed by atoms with E-state index in [1.165, 1.54) is 0 Å². The van der Waals surface area contributed by atoms with Crippen LogP contribution in [0.15, 0.2) is 28.7 Å². The topological polar surface area (TPSA) is 132 Å². The molecule has 0 radical (unpaired) electrons. The van der Waals surface area contributed by atoms with Crippen LogP contribution < -0.4 is 16.0 Å². The first-order chi connectivity index (χ1) is 17.7. The molecule has 0 aromatic heterocycles. The molecular formula is C28H44BrN3O7. The number of hydrogen-bond acceptors (Lipinski definition) is 8. The van der Waals surface area contributed by atoms with Gasteiger partial charge in [0.25, 0.3) is 0 Å². The van der Waals surface area contributed by atoms with Crippen LogP contribution in [-0.4, -0.2) is 59.4 Å². The smallest absolute Gasteiger partial charge is 0.330 e. The summed E-state index contributed by atoms with van der Waals surface area (Å²) in [5, 5.41) is 8.29. The number of carbonyl (C=O) groups is 4. The summed E-state index contributed by atoms with van der Waals surface area (Å²) in [5.74, 6) is -1.85. The number of benzene rings is 1. The maximum atomic E-state index is 13.0. The van der Waals surface area contributed by atoms with Crippen LogP contribution in [0.1, 0.15) is 80.7 Å². The van der Waals surface area contributed by atoms with Crippen molar-refractivity contribution in [3.05, 3.63) is 34.3 Å². The third kappa shape index (κ3) is 16.1. The number of hydrogen-bond donors (Lipinski definition) is 3. The van der Waals surface area contributed by atoms with Gasteiger partial charge in [-0.25, -0.2) is 14.4 Å². The van der Waals surface area contributed by atoms with Gasteiger partial charge in [0, 0.05) is 24.0 Å². The molecule has 39 heavy (non-hydrogen) atoms. The maximum Gasteiger partial charge on any atom is 0.330 e. The lowest BCUT2D eigenvalue weighted by atomic mass is 10.1. The quantitative estimate of drug-likeness (QED) is 0.247. The number of ether oxygens (including phenoxy) is 3. The Kier molecular flexibility index (Phi) is 12.9. The lowest BCUT2D eigenvalue weighted by molar-refractivity contribution is -0.159. The minimum Gasteiger partial charge on any atom is -0.460 e. The Morgan fingerprint density at radius 2 is 1.21 bits per heavy atom. The lowest BCUT2D eigenvalue weighted by Crippen LogP contribution is -2.55. The summed E-state index contributed by atoms with van der Waals surface area (Å²) in [4.78, 5) is 50.9. The molecule has 0 aliphatic carbocycles. The third-order valence-corrected chi connectivity index (χ3v) is 5.17. The van der Waals surface area contributed by atoms with Crippen LogP contribution in [0.5, 0.6) is 0 Å². The number of amides is 2. The maximum absolute atomic E-state index is 13.0. The Labute approximate surface area is 240 Å². The highest BCUT2D eigenvalue weighted by Gasteiger charge is 2.31. The SMILES string of the molecule is CC(C)(C)OC(=O)CCC(NC(=O)N[C@@H](CNCc1ccc(Br)cc1)C(=O)OC(C)(C)C)C(=O)OC(C)(C)C. The fourth-order valence-corrected chi connectivity index (χ4v) is 3.43. The van der Waals surface area contributed by atoms with E-state index in [2.05, 4.69) is 31.9 Å². The monoisotopic (exact) mass is 613 g/mol. The molecule has 1 rings (SSSR count). The van der Waals surface area contributed by atoms with Gasteiger partial charge in [-0.15, -0.1) is 0 Å². The Balaban J connectivity index is 2.94. The van der Waals surface area contributed by atoms with E-state index < -0.39 is 52.8 Å². The number of rotatable bonds is 11. The van der Waals surface area contributed by atoms with Crippen LogP contribution in [0.2, 0.25) is 0 Å². The molecule has 0 aliphatic rings. The molecule has 0 saturated carbocycles. The summed E-state index contributed by atoms with van der Waals surface area (Å²) in [7, 11) is 0. The normalized spacial score (nSPS) is 13.6. The van der Waals surface area contributed by atoms with Crippen LogP contribution in [-0.2, 0) is 35.1 Å². The largest absolute Gasteiger partial charge is 0.460 e. The Morgan fingerprint density at radius 3 is 1.69 bits per heavy atom. The zero-order chi connectivity index (χ0) is 30.0. The molecule has 1 aromatic rings. The Morgan fingerprint density at radius 1 is 0.744 bits per heavy atom. The van der Waals surface area contributed by atoms with E-state index in [-0.39, 0.29) is 19.4 Å². The zero-order valence-corrected chi connectivity index (χ0v) is 26.1. The van der Waals surface area contributed by atoms with Gasteiger partial charge in [0.1, 0.15) is 28.9 Å². The fraction of sp³-hybridized carbons (Fsp3) is 0.643. The minimum atomic E-state index is -1.15. The van der Waals surface area contributed by atoms with E-state index in [4.69, 9.17) is 14.2 Å². The molecule has 0 spiro atoms. The second-order valence-electron chi connectivity index (χ2n) is 12.2. The highest BCUT2D eigenvalue weighted by atomic mass is 79.9. The third-order valence-electron chi connectivity index (χ3n) is 4.64. The zero-order valence-electron chi connectivity index (χ0n) is 24.5. The summed E-state index contributed by atoms with van der Waals surface area (Å²) in [6.07, 6.45) is -0.165. The van der Waals surface area contributed by atoms with Gasteiger partial charge in [0.15, 0.2) is 0 Å². The number of urea groups is 1. The Hall–Kier alpha value is -2.66. The fourth-order valence-electron chi connectivity index (χ4n) is 3.16. The van der Waals surface area contributed by atoms with Crippen molar-refractivity contribution in [3.63, 3.8) is 0 Å². The van der Waals surface area contributed by atoms with E-state index in [0.717, 1.165) is 10.0 Å². The molecule has 220 valence electrons. The van der Waals surface area contributed by atoms with Crippen molar-refractivity contribution < 1.29 is 33.4 Å². The highest BCUT2D eigenvalue weighted by molar-refractivity contribution is 9.10. The molecule has 0 bridgehead atoms. The van der Waals surface area contributed by atoms with Gasteiger partial charge in [-0.1, -0.05) is 28.1 Å². The van der Waals surface area contributed by atoms with Crippen LogP contribution in [0, 0.1) is 0 Å². The number of halogens is 1. The van der Waals surface area contributed by atoms with E-state index in [0.29, 0.717) is 6.54 Å². The van der Waals surface area contributed by atoms with E-state index in [1.54, 1.807) is 62.3 Å². The van der Waals surface area contributed by atoms with Gasteiger partial charge < -0.3 is 30.2 Å². The van der Waals surface area contributed by atoms with Gasteiger partial charge in [-0.3, -0.25) is 4.79 Å². The standard InChI is InChI=1S/C28H44BrN3O7/c1-26(2,3)37-22(33)15-14-20(23(34)38-27(4,5)6)31-25(36)32-21(24(35)39-28(7,8)9)17-30-16-18-10-12-19(29)13-11-18/h10-13,20-21,30H,14-17H2,1-9H3,(H2,31,32,36)/t20?,21-/m0/s1. The van der Waals surface area contributed by atoms with E-state index >= 15 is 0 Å². The number of carbonyl (C=O) groups excluding carboxylic acids is 4. The van der Waals surface area contributed by atoms with Crippen molar-refractivity contribution in [3.8, 4) is 0 Å². The van der Waals surface area contributed by atoms with Gasteiger partial charge >= 0.3 is 23.9 Å². The minimum absolute atomic E-state index is 0.0455. The molecular weight excluding hydrogens is 570 g/mol. The van der Waals surface area contributed by atoms with E-state index in [1.807, 2.05) is 24.3 Å². The average Bonchev–Trinajstić information content (AvgIpc) is 2.73.